The molecule has 0 fully saturated rings. The van der Waals surface area contributed by atoms with Gasteiger partial charge in [-0.1, -0.05) is 0 Å². The Kier molecular flexibility index (Phi) is 3.69. The number of nitrogens with one attached hydrogen (secondary N) is 1. The molecule has 0 bridgehead atoms. The van der Waals surface area contributed by atoms with Gasteiger partial charge in [0, 0.05) is 24.8 Å². The Morgan fingerprint density at radius 2 is 2.32 bits per heavy atom. The topological polar surface area (TPSA) is 103 Å². The molecule has 0 aliphatic rings. The number of aromatic nitrogens is 2. The lowest BCUT2D eigenvalue weighted by Crippen LogP contribution is -2.26. The summed E-state index contributed by atoms with van der Waals surface area (Å²) in [5, 5.41) is 10.1. The summed E-state index contributed by atoms with van der Waals surface area (Å²) in [6, 6.07) is 1.15. The van der Waals surface area contributed by atoms with E-state index < -0.39 is 16.0 Å². The molecule has 2 aromatic rings. The fourth-order valence-electron chi connectivity index (χ4n) is 1.40. The SMILES string of the molecule is CN(Cc1ncc[nH]1)S(=O)(=O)c1cc(C(=O)O)cs1. The van der Waals surface area contributed by atoms with Gasteiger partial charge in [0.15, 0.2) is 0 Å². The van der Waals surface area contributed by atoms with Gasteiger partial charge in [-0.15, -0.1) is 11.3 Å². The number of hydrogen-bond acceptors (Lipinski definition) is 5. The van der Waals surface area contributed by atoms with Crippen LogP contribution in [0, 0.1) is 0 Å². The van der Waals surface area contributed by atoms with E-state index in [9.17, 15) is 13.2 Å². The summed E-state index contributed by atoms with van der Waals surface area (Å²) in [5.74, 6) is -0.632. The lowest BCUT2D eigenvalue weighted by atomic mass is 10.4. The molecule has 2 rings (SSSR count). The average molecular weight is 301 g/mol. The van der Waals surface area contributed by atoms with E-state index >= 15 is 0 Å². The van der Waals surface area contributed by atoms with Gasteiger partial charge in [-0.25, -0.2) is 18.2 Å². The Morgan fingerprint density at radius 3 is 2.84 bits per heavy atom. The van der Waals surface area contributed by atoms with Crippen molar-refractivity contribution in [2.75, 3.05) is 7.05 Å². The molecule has 0 amide bonds. The molecule has 0 saturated heterocycles. The van der Waals surface area contributed by atoms with Crippen molar-refractivity contribution >= 4 is 27.3 Å². The van der Waals surface area contributed by atoms with Crippen molar-refractivity contribution in [2.24, 2.45) is 0 Å². The molecule has 0 atom stereocenters. The molecule has 0 unspecified atom stereocenters. The summed E-state index contributed by atoms with van der Waals surface area (Å²) >= 11 is 0.885. The number of imidazole rings is 1. The fourth-order valence-corrected chi connectivity index (χ4v) is 3.89. The molecular weight excluding hydrogens is 290 g/mol. The van der Waals surface area contributed by atoms with Crippen LogP contribution in [-0.4, -0.2) is 40.8 Å². The maximum Gasteiger partial charge on any atom is 0.336 e. The molecular formula is C10H11N3O4S2. The first-order valence-electron chi connectivity index (χ1n) is 5.17. The van der Waals surface area contributed by atoms with Gasteiger partial charge in [0.1, 0.15) is 10.0 Å². The van der Waals surface area contributed by atoms with Gasteiger partial charge in [0.2, 0.25) is 0 Å². The highest BCUT2D eigenvalue weighted by Crippen LogP contribution is 2.23. The minimum atomic E-state index is -3.70. The summed E-state index contributed by atoms with van der Waals surface area (Å²) in [4.78, 5) is 17.5. The van der Waals surface area contributed by atoms with Gasteiger partial charge in [0.05, 0.1) is 12.1 Å². The van der Waals surface area contributed by atoms with E-state index in [2.05, 4.69) is 9.97 Å². The van der Waals surface area contributed by atoms with E-state index in [0.717, 1.165) is 21.7 Å². The molecule has 0 spiro atoms. The second-order valence-electron chi connectivity index (χ2n) is 3.76. The molecule has 7 nitrogen and oxygen atoms in total. The van der Waals surface area contributed by atoms with Gasteiger partial charge < -0.3 is 10.1 Å². The summed E-state index contributed by atoms with van der Waals surface area (Å²) in [6.07, 6.45) is 3.13. The minimum absolute atomic E-state index is 0.000967. The lowest BCUT2D eigenvalue weighted by Gasteiger charge is -2.14. The third kappa shape index (κ3) is 2.83. The number of carboxylic acids is 1. The van der Waals surface area contributed by atoms with Crippen molar-refractivity contribution in [3.63, 3.8) is 0 Å². The monoisotopic (exact) mass is 301 g/mol. The Bertz CT molecular complexity index is 675. The van der Waals surface area contributed by atoms with E-state index in [1.54, 1.807) is 6.20 Å². The van der Waals surface area contributed by atoms with Gasteiger partial charge in [-0.3, -0.25) is 0 Å². The summed E-state index contributed by atoms with van der Waals surface area (Å²) in [6.45, 7) is 0.0929. The van der Waals surface area contributed by atoms with Crippen molar-refractivity contribution in [3.05, 3.63) is 35.2 Å². The Morgan fingerprint density at radius 1 is 1.58 bits per heavy atom. The molecule has 0 aromatic carbocycles. The number of aromatic amines is 1. The van der Waals surface area contributed by atoms with Crippen molar-refractivity contribution in [1.29, 1.82) is 0 Å². The van der Waals surface area contributed by atoms with Crippen molar-refractivity contribution in [1.82, 2.24) is 14.3 Å². The largest absolute Gasteiger partial charge is 0.478 e. The number of sulfonamides is 1. The zero-order chi connectivity index (χ0) is 14.0. The summed E-state index contributed by atoms with van der Waals surface area (Å²) < 4.78 is 25.5. The van der Waals surface area contributed by atoms with Crippen LogP contribution in [0.25, 0.3) is 0 Å². The molecule has 0 saturated carbocycles. The molecule has 102 valence electrons. The van der Waals surface area contributed by atoms with E-state index in [0.29, 0.717) is 5.82 Å². The molecule has 19 heavy (non-hydrogen) atoms. The zero-order valence-corrected chi connectivity index (χ0v) is 11.5. The minimum Gasteiger partial charge on any atom is -0.478 e. The second kappa shape index (κ2) is 5.11. The van der Waals surface area contributed by atoms with E-state index in [1.807, 2.05) is 0 Å². The van der Waals surface area contributed by atoms with Gasteiger partial charge in [-0.2, -0.15) is 4.31 Å². The highest BCUT2D eigenvalue weighted by Gasteiger charge is 2.24. The second-order valence-corrected chi connectivity index (χ2v) is 6.94. The normalized spacial score (nSPS) is 11.9. The lowest BCUT2D eigenvalue weighted by molar-refractivity contribution is 0.0697. The fraction of sp³-hybridized carbons (Fsp3) is 0.200. The number of H-pyrrole nitrogens is 1. The number of thiophene rings is 1. The van der Waals surface area contributed by atoms with E-state index in [4.69, 9.17) is 5.11 Å². The molecule has 0 radical (unpaired) electrons. The number of carboxylic acid groups (broad SMARTS) is 1. The molecule has 9 heteroatoms. The van der Waals surface area contributed by atoms with Crippen molar-refractivity contribution in [2.45, 2.75) is 10.8 Å². The summed E-state index contributed by atoms with van der Waals surface area (Å²) in [5.41, 5.74) is -0.0324. The van der Waals surface area contributed by atoms with E-state index in [1.165, 1.54) is 18.6 Å². The highest BCUT2D eigenvalue weighted by atomic mass is 32.2. The molecule has 2 N–H and O–H groups in total. The molecule has 0 aliphatic carbocycles. The third-order valence-corrected chi connectivity index (χ3v) is 5.63. The smallest absolute Gasteiger partial charge is 0.336 e. The third-order valence-electron chi connectivity index (χ3n) is 2.41. The van der Waals surface area contributed by atoms with Crippen LogP contribution in [0.4, 0.5) is 0 Å². The summed E-state index contributed by atoms with van der Waals surface area (Å²) in [7, 11) is -2.28. The van der Waals surface area contributed by atoms with Crippen LogP contribution in [0.3, 0.4) is 0 Å². The first-order chi connectivity index (χ1) is 8.91. The van der Waals surface area contributed by atoms with Crippen molar-refractivity contribution in [3.8, 4) is 0 Å². The van der Waals surface area contributed by atoms with Crippen molar-refractivity contribution < 1.29 is 18.3 Å². The number of aromatic carboxylic acids is 1. The molecule has 2 heterocycles. The Balaban J connectivity index is 2.23. The van der Waals surface area contributed by atoms with Crippen LogP contribution >= 0.6 is 11.3 Å². The number of carbonyl (C=O) groups is 1. The first-order valence-corrected chi connectivity index (χ1v) is 7.49. The Hall–Kier alpha value is -1.71. The maximum atomic E-state index is 12.2. The highest BCUT2D eigenvalue weighted by molar-refractivity contribution is 7.91. The predicted molar refractivity (Wildman–Crippen MR) is 68.5 cm³/mol. The van der Waals surface area contributed by atoms with Crippen LogP contribution in [0.2, 0.25) is 0 Å². The quantitative estimate of drug-likeness (QED) is 0.857. The number of nitrogens with zero attached hydrogens (tertiary/aromatic N) is 2. The van der Waals surface area contributed by atoms with Crippen LogP contribution in [0.5, 0.6) is 0 Å². The van der Waals surface area contributed by atoms with E-state index in [-0.39, 0.29) is 16.3 Å². The molecule has 0 aliphatic heterocycles. The zero-order valence-electron chi connectivity index (χ0n) is 9.90. The van der Waals surface area contributed by atoms with Gasteiger partial charge >= 0.3 is 5.97 Å². The standard InChI is InChI=1S/C10H11N3O4S2/c1-13(5-8-11-2-3-12-8)19(16,17)9-4-7(6-18-9)10(14)15/h2-4,6H,5H2,1H3,(H,11,12)(H,14,15). The van der Waals surface area contributed by atoms with Crippen LogP contribution in [-0.2, 0) is 16.6 Å². The van der Waals surface area contributed by atoms with Gasteiger partial charge in [-0.05, 0) is 6.07 Å². The number of rotatable bonds is 5. The average Bonchev–Trinajstić information content (AvgIpc) is 2.99. The Labute approximate surface area is 113 Å². The van der Waals surface area contributed by atoms with Crippen LogP contribution in [0.1, 0.15) is 16.2 Å². The number of hydrogen-bond donors (Lipinski definition) is 2. The molecule has 2 aromatic heterocycles. The van der Waals surface area contributed by atoms with Crippen LogP contribution in [0.15, 0.2) is 28.0 Å². The first kappa shape index (κ1) is 13.7. The maximum absolute atomic E-state index is 12.2. The van der Waals surface area contributed by atoms with Crippen LogP contribution < -0.4 is 0 Å². The van der Waals surface area contributed by atoms with Gasteiger partial charge in [0.25, 0.3) is 10.0 Å². The predicted octanol–water partition coefficient (Wildman–Crippen LogP) is 0.990.